The van der Waals surface area contributed by atoms with E-state index >= 15 is 0 Å². The maximum Gasteiger partial charge on any atom is 0.321 e. The molecule has 1 aliphatic heterocycles. The molecule has 186 valence electrons. The number of aliphatic imine (C=N–C) groups is 1. The fourth-order valence-corrected chi connectivity index (χ4v) is 5.02. The molecule has 1 aromatic heterocycles. The first-order chi connectivity index (χ1) is 17.5. The summed E-state index contributed by atoms with van der Waals surface area (Å²) in [5.41, 5.74) is 1.53. The van der Waals surface area contributed by atoms with Crippen LogP contribution in [0.5, 0.6) is 0 Å². The normalized spacial score (nSPS) is 19.9. The van der Waals surface area contributed by atoms with E-state index in [-0.39, 0.29) is 11.8 Å². The average molecular weight is 488 g/mol. The second-order valence-electron chi connectivity index (χ2n) is 9.18. The molecule has 1 unspecified atom stereocenters. The van der Waals surface area contributed by atoms with E-state index in [1.165, 1.54) is 0 Å². The largest absolute Gasteiger partial charge is 0.321 e. The molecule has 0 radical (unpaired) electrons. The number of hydrogen-bond acceptors (Lipinski definition) is 7. The second kappa shape index (κ2) is 9.76. The van der Waals surface area contributed by atoms with E-state index in [2.05, 4.69) is 31.3 Å². The number of fused-ring (bicyclic) bond motifs is 1. The van der Waals surface area contributed by atoms with Crippen LogP contribution in [-0.4, -0.2) is 58.5 Å². The number of anilines is 4. The fraction of sp³-hybridized carbons (Fsp3) is 0.360. The SMILES string of the molecule is CN1C(=O)C(NC(=O)Nc2cccc(N(C)c3nn[nH]n3)c2)(C2CCCCC2)N=Cc2ccccc21. The Hall–Kier alpha value is -4.28. The summed E-state index contributed by atoms with van der Waals surface area (Å²) in [6.07, 6.45) is 6.47. The Morgan fingerprint density at radius 1 is 1.14 bits per heavy atom. The Balaban J connectivity index is 1.42. The number of hydrogen-bond donors (Lipinski definition) is 3. The molecule has 3 amide bonds. The van der Waals surface area contributed by atoms with Gasteiger partial charge in [0.05, 0.1) is 5.69 Å². The summed E-state index contributed by atoms with van der Waals surface area (Å²) in [6, 6.07) is 14.4. The van der Waals surface area contributed by atoms with Crippen molar-refractivity contribution in [1.29, 1.82) is 0 Å². The van der Waals surface area contributed by atoms with Crippen molar-refractivity contribution in [2.24, 2.45) is 10.9 Å². The quantitative estimate of drug-likeness (QED) is 0.505. The van der Waals surface area contributed by atoms with Gasteiger partial charge in [-0.05, 0) is 42.3 Å². The summed E-state index contributed by atoms with van der Waals surface area (Å²) >= 11 is 0. The van der Waals surface area contributed by atoms with Crippen LogP contribution in [0.15, 0.2) is 53.5 Å². The van der Waals surface area contributed by atoms with E-state index in [1.807, 2.05) is 36.4 Å². The number of carbonyl (C=O) groups is 2. The van der Waals surface area contributed by atoms with Gasteiger partial charge in [0, 0.05) is 43.2 Å². The van der Waals surface area contributed by atoms with Gasteiger partial charge < -0.3 is 20.4 Å². The fourth-order valence-electron chi connectivity index (χ4n) is 5.02. The maximum atomic E-state index is 13.9. The van der Waals surface area contributed by atoms with E-state index in [4.69, 9.17) is 4.99 Å². The first kappa shape index (κ1) is 23.5. The molecule has 36 heavy (non-hydrogen) atoms. The lowest BCUT2D eigenvalue weighted by molar-refractivity contribution is -0.126. The van der Waals surface area contributed by atoms with Gasteiger partial charge in [-0.25, -0.2) is 4.79 Å². The summed E-state index contributed by atoms with van der Waals surface area (Å²) in [6.45, 7) is 0. The molecule has 3 N–H and O–H groups in total. The number of likely N-dealkylation sites (N-methyl/N-ethyl adjacent to an activating group) is 1. The number of carbonyl (C=O) groups excluding carboxylic acids is 2. The molecule has 0 spiro atoms. The Kier molecular flexibility index (Phi) is 6.36. The Morgan fingerprint density at radius 3 is 2.72 bits per heavy atom. The lowest BCUT2D eigenvalue weighted by Crippen LogP contribution is -2.63. The highest BCUT2D eigenvalue weighted by Gasteiger charge is 2.49. The Bertz CT molecular complexity index is 1270. The minimum absolute atomic E-state index is 0.104. The zero-order valence-electron chi connectivity index (χ0n) is 20.3. The van der Waals surface area contributed by atoms with Crippen LogP contribution in [0.1, 0.15) is 37.7 Å². The number of benzodiazepines with no additional fused rings is 1. The molecule has 2 heterocycles. The topological polar surface area (TPSA) is 132 Å². The molecular formula is C25H29N9O2. The first-order valence-corrected chi connectivity index (χ1v) is 12.1. The number of rotatable bonds is 5. The van der Waals surface area contributed by atoms with Crippen LogP contribution in [0.25, 0.3) is 0 Å². The van der Waals surface area contributed by atoms with E-state index < -0.39 is 11.7 Å². The molecule has 11 heteroatoms. The molecule has 1 aliphatic carbocycles. The molecule has 11 nitrogen and oxygen atoms in total. The summed E-state index contributed by atoms with van der Waals surface area (Å²) in [5, 5.41) is 19.9. The third-order valence-corrected chi connectivity index (χ3v) is 6.96. The van der Waals surface area contributed by atoms with Gasteiger partial charge in [-0.1, -0.05) is 48.6 Å². The third kappa shape index (κ3) is 4.39. The molecule has 1 saturated carbocycles. The molecule has 3 aromatic rings. The van der Waals surface area contributed by atoms with Crippen LogP contribution in [0, 0.1) is 5.92 Å². The monoisotopic (exact) mass is 487 g/mol. The van der Waals surface area contributed by atoms with Crippen molar-refractivity contribution in [2.45, 2.75) is 37.8 Å². The minimum atomic E-state index is -1.39. The number of aromatic amines is 1. The van der Waals surface area contributed by atoms with Gasteiger partial charge in [0.2, 0.25) is 5.66 Å². The van der Waals surface area contributed by atoms with E-state index in [1.54, 1.807) is 42.2 Å². The number of nitrogens with one attached hydrogen (secondary N) is 3. The highest BCUT2D eigenvalue weighted by Crippen LogP contribution is 2.38. The maximum absolute atomic E-state index is 13.9. The van der Waals surface area contributed by atoms with Crippen LogP contribution in [0.4, 0.5) is 27.8 Å². The van der Waals surface area contributed by atoms with Crippen molar-refractivity contribution < 1.29 is 9.59 Å². The molecule has 1 atom stereocenters. The summed E-state index contributed by atoms with van der Waals surface area (Å²) in [7, 11) is 3.54. The summed E-state index contributed by atoms with van der Waals surface area (Å²) in [5.74, 6) is 0.0541. The van der Waals surface area contributed by atoms with Gasteiger partial charge in [0.1, 0.15) is 0 Å². The zero-order valence-corrected chi connectivity index (χ0v) is 20.3. The van der Waals surface area contributed by atoms with Crippen molar-refractivity contribution in [2.75, 3.05) is 29.2 Å². The first-order valence-electron chi connectivity index (χ1n) is 12.1. The van der Waals surface area contributed by atoms with Gasteiger partial charge in [-0.15, -0.1) is 5.10 Å². The minimum Gasteiger partial charge on any atom is -0.311 e. The van der Waals surface area contributed by atoms with Crippen molar-refractivity contribution in [3.63, 3.8) is 0 Å². The zero-order chi connectivity index (χ0) is 25.1. The summed E-state index contributed by atoms with van der Waals surface area (Å²) < 4.78 is 0. The van der Waals surface area contributed by atoms with Crippen molar-refractivity contribution in [1.82, 2.24) is 25.9 Å². The van der Waals surface area contributed by atoms with Crippen LogP contribution < -0.4 is 20.4 Å². The van der Waals surface area contributed by atoms with Gasteiger partial charge >= 0.3 is 6.03 Å². The predicted octanol–water partition coefficient (Wildman–Crippen LogP) is 3.46. The Labute approximate surface area is 209 Å². The van der Waals surface area contributed by atoms with Crippen LogP contribution in [0.2, 0.25) is 0 Å². The highest BCUT2D eigenvalue weighted by atomic mass is 16.2. The van der Waals surface area contributed by atoms with Crippen molar-refractivity contribution >= 4 is 41.2 Å². The van der Waals surface area contributed by atoms with Crippen molar-refractivity contribution in [3.8, 4) is 0 Å². The lowest BCUT2D eigenvalue weighted by atomic mass is 9.79. The molecule has 0 bridgehead atoms. The number of nitrogens with zero attached hydrogens (tertiary/aromatic N) is 6. The number of tetrazole rings is 1. The molecule has 2 aromatic carbocycles. The second-order valence-corrected chi connectivity index (χ2v) is 9.18. The third-order valence-electron chi connectivity index (χ3n) is 6.96. The predicted molar refractivity (Wildman–Crippen MR) is 138 cm³/mol. The van der Waals surface area contributed by atoms with Gasteiger partial charge in [-0.2, -0.15) is 5.21 Å². The van der Waals surface area contributed by atoms with Gasteiger partial charge in [0.25, 0.3) is 11.9 Å². The van der Waals surface area contributed by atoms with Crippen molar-refractivity contribution in [3.05, 3.63) is 54.1 Å². The Morgan fingerprint density at radius 2 is 1.94 bits per heavy atom. The smallest absolute Gasteiger partial charge is 0.311 e. The van der Waals surface area contributed by atoms with E-state index in [0.29, 0.717) is 11.6 Å². The van der Waals surface area contributed by atoms with Gasteiger partial charge in [0.15, 0.2) is 0 Å². The lowest BCUT2D eigenvalue weighted by Gasteiger charge is -2.40. The standard InChI is InChI=1S/C25H29N9O2/c1-33(23-29-31-32-30-23)20-13-8-12-19(15-20)27-24(36)28-25(18-10-4-3-5-11-18)22(35)34(2)21-14-7-6-9-17(21)16-26-25/h6-9,12-16,18H,3-5,10-11H2,1-2H3,(H2,27,28,36)(H,29,30,31,32). The highest BCUT2D eigenvalue weighted by molar-refractivity contribution is 6.09. The van der Waals surface area contributed by atoms with E-state index in [0.717, 1.165) is 49.0 Å². The van der Waals surface area contributed by atoms with Crippen LogP contribution in [0.3, 0.4) is 0 Å². The van der Waals surface area contributed by atoms with Crippen LogP contribution >= 0.6 is 0 Å². The molecule has 5 rings (SSSR count). The number of H-pyrrole nitrogens is 1. The number of benzene rings is 2. The number of para-hydroxylation sites is 1. The molecule has 1 fully saturated rings. The summed E-state index contributed by atoms with van der Waals surface area (Å²) in [4.78, 5) is 35.4. The molecule has 0 saturated heterocycles. The average Bonchev–Trinajstić information content (AvgIpc) is 3.43. The number of urea groups is 1. The molecular weight excluding hydrogens is 458 g/mol. The van der Waals surface area contributed by atoms with E-state index in [9.17, 15) is 9.59 Å². The number of aromatic nitrogens is 4. The molecule has 2 aliphatic rings. The van der Waals surface area contributed by atoms with Gasteiger partial charge in [-0.3, -0.25) is 9.79 Å². The number of amides is 3. The van der Waals surface area contributed by atoms with Crippen LogP contribution in [-0.2, 0) is 4.79 Å².